The Morgan fingerprint density at radius 1 is 1.30 bits per heavy atom. The van der Waals surface area contributed by atoms with Crippen LogP contribution in [0.2, 0.25) is 0 Å². The van der Waals surface area contributed by atoms with Crippen LogP contribution in [-0.2, 0) is 20.9 Å². The number of carbonyl (C=O) groups is 2. The molecule has 1 rings (SSSR count). The monoisotopic (exact) mass is 277 g/mol. The molecule has 1 atom stereocenters. The molecule has 4 nitrogen and oxygen atoms in total. The average molecular weight is 277 g/mol. The molecule has 0 aliphatic heterocycles. The third-order valence-electron chi connectivity index (χ3n) is 3.52. The van der Waals surface area contributed by atoms with Crippen molar-refractivity contribution in [3.63, 3.8) is 0 Å². The van der Waals surface area contributed by atoms with E-state index in [9.17, 15) is 9.59 Å². The van der Waals surface area contributed by atoms with Gasteiger partial charge < -0.3 is 9.64 Å². The second-order valence-electron chi connectivity index (χ2n) is 5.01. The summed E-state index contributed by atoms with van der Waals surface area (Å²) in [5, 5.41) is 0. The van der Waals surface area contributed by atoms with E-state index in [0.717, 1.165) is 17.5 Å². The summed E-state index contributed by atoms with van der Waals surface area (Å²) in [4.78, 5) is 25.4. The van der Waals surface area contributed by atoms with E-state index in [4.69, 9.17) is 0 Å². The van der Waals surface area contributed by atoms with Gasteiger partial charge in [0.25, 0.3) is 0 Å². The molecule has 4 heteroatoms. The van der Waals surface area contributed by atoms with Crippen LogP contribution in [0.1, 0.15) is 31.4 Å². The van der Waals surface area contributed by atoms with Gasteiger partial charge in [0.15, 0.2) is 0 Å². The molecule has 110 valence electrons. The molecular formula is C16H23NO3. The Kier molecular flexibility index (Phi) is 6.22. The Hall–Kier alpha value is -1.84. The van der Waals surface area contributed by atoms with Crippen molar-refractivity contribution < 1.29 is 14.3 Å². The molecule has 20 heavy (non-hydrogen) atoms. The third kappa shape index (κ3) is 4.37. The number of benzene rings is 1. The predicted octanol–water partition coefficient (Wildman–Crippen LogP) is 2.54. The highest BCUT2D eigenvalue weighted by Crippen LogP contribution is 2.14. The van der Waals surface area contributed by atoms with Crippen molar-refractivity contribution in [2.45, 2.75) is 33.7 Å². The number of nitrogens with zero attached hydrogens (tertiary/aromatic N) is 1. The van der Waals surface area contributed by atoms with Gasteiger partial charge in [0.2, 0.25) is 5.91 Å². The maximum absolute atomic E-state index is 12.4. The molecule has 0 saturated heterocycles. The van der Waals surface area contributed by atoms with E-state index in [0.29, 0.717) is 6.54 Å². The van der Waals surface area contributed by atoms with Crippen molar-refractivity contribution in [3.05, 3.63) is 35.4 Å². The fraction of sp³-hybridized carbons (Fsp3) is 0.500. The number of methoxy groups -OCH3 is 1. The van der Waals surface area contributed by atoms with E-state index in [1.807, 2.05) is 45.0 Å². The number of ether oxygens (including phenoxy) is 1. The number of hydrogen-bond acceptors (Lipinski definition) is 3. The van der Waals surface area contributed by atoms with Crippen LogP contribution in [-0.4, -0.2) is 30.4 Å². The second kappa shape index (κ2) is 7.68. The van der Waals surface area contributed by atoms with Gasteiger partial charge in [-0.15, -0.1) is 0 Å². The lowest BCUT2D eigenvalue weighted by Crippen LogP contribution is -2.38. The van der Waals surface area contributed by atoms with Crippen LogP contribution in [0.5, 0.6) is 0 Å². The summed E-state index contributed by atoms with van der Waals surface area (Å²) in [6.07, 6.45) is 0.754. The first-order chi connectivity index (χ1) is 9.49. The molecule has 0 heterocycles. The molecule has 0 spiro atoms. The largest absolute Gasteiger partial charge is 0.468 e. The fourth-order valence-electron chi connectivity index (χ4n) is 1.91. The molecule has 1 aromatic rings. The zero-order valence-corrected chi connectivity index (χ0v) is 12.7. The molecule has 1 unspecified atom stereocenters. The minimum Gasteiger partial charge on any atom is -0.468 e. The second-order valence-corrected chi connectivity index (χ2v) is 5.01. The van der Waals surface area contributed by atoms with Crippen LogP contribution in [0.25, 0.3) is 0 Å². The summed E-state index contributed by atoms with van der Waals surface area (Å²) in [6.45, 7) is 6.27. The molecule has 0 fully saturated rings. The Labute approximate surface area is 120 Å². The molecule has 0 saturated carbocycles. The molecule has 1 aromatic carbocycles. The molecule has 0 aliphatic carbocycles. The lowest BCUT2D eigenvalue weighted by molar-refractivity contribution is -0.148. The summed E-state index contributed by atoms with van der Waals surface area (Å²) >= 11 is 0. The van der Waals surface area contributed by atoms with Gasteiger partial charge in [0.05, 0.1) is 7.11 Å². The molecule has 0 aromatic heterocycles. The first kappa shape index (κ1) is 16.2. The standard InChI is InChI=1S/C16H23NO3/c1-5-12(2)16(19)17(11-15(18)20-4)10-14-9-7-6-8-13(14)3/h6-9,12H,5,10-11H2,1-4H3. The van der Waals surface area contributed by atoms with Gasteiger partial charge in [-0.25, -0.2) is 0 Å². The number of carbonyl (C=O) groups excluding carboxylic acids is 2. The zero-order valence-electron chi connectivity index (χ0n) is 12.7. The summed E-state index contributed by atoms with van der Waals surface area (Å²) < 4.78 is 4.68. The molecule has 0 N–H and O–H groups in total. The number of amides is 1. The minimum absolute atomic E-state index is 0.00594. The molecular weight excluding hydrogens is 254 g/mol. The van der Waals surface area contributed by atoms with Gasteiger partial charge in [-0.05, 0) is 24.5 Å². The van der Waals surface area contributed by atoms with Gasteiger partial charge in [-0.3, -0.25) is 9.59 Å². The lowest BCUT2D eigenvalue weighted by atomic mass is 10.1. The van der Waals surface area contributed by atoms with Crippen LogP contribution in [0.4, 0.5) is 0 Å². The number of esters is 1. The Balaban J connectivity index is 2.90. The Morgan fingerprint density at radius 3 is 2.50 bits per heavy atom. The lowest BCUT2D eigenvalue weighted by Gasteiger charge is -2.25. The van der Waals surface area contributed by atoms with Crippen LogP contribution in [0.3, 0.4) is 0 Å². The maximum atomic E-state index is 12.4. The quantitative estimate of drug-likeness (QED) is 0.751. The zero-order chi connectivity index (χ0) is 15.1. The van der Waals surface area contributed by atoms with Gasteiger partial charge in [0.1, 0.15) is 6.54 Å². The minimum atomic E-state index is -0.393. The smallest absolute Gasteiger partial charge is 0.325 e. The van der Waals surface area contributed by atoms with Gasteiger partial charge in [-0.2, -0.15) is 0 Å². The highest BCUT2D eigenvalue weighted by Gasteiger charge is 2.22. The number of hydrogen-bond donors (Lipinski definition) is 0. The highest BCUT2D eigenvalue weighted by molar-refractivity contribution is 5.83. The summed E-state index contributed by atoms with van der Waals surface area (Å²) in [5.74, 6) is -0.500. The molecule has 1 amide bonds. The van der Waals surface area contributed by atoms with E-state index in [-0.39, 0.29) is 18.4 Å². The topological polar surface area (TPSA) is 46.6 Å². The van der Waals surface area contributed by atoms with Crippen LogP contribution in [0, 0.1) is 12.8 Å². The number of rotatable bonds is 6. The normalized spacial score (nSPS) is 11.8. The third-order valence-corrected chi connectivity index (χ3v) is 3.52. The van der Waals surface area contributed by atoms with Crippen molar-refractivity contribution in [1.29, 1.82) is 0 Å². The molecule has 0 radical (unpaired) electrons. The number of aryl methyl sites for hydroxylation is 1. The van der Waals surface area contributed by atoms with Gasteiger partial charge in [-0.1, -0.05) is 38.1 Å². The van der Waals surface area contributed by atoms with E-state index in [2.05, 4.69) is 4.74 Å². The predicted molar refractivity (Wildman–Crippen MR) is 78.1 cm³/mol. The Bertz CT molecular complexity index is 471. The summed E-state index contributed by atoms with van der Waals surface area (Å²) in [7, 11) is 1.34. The van der Waals surface area contributed by atoms with Crippen molar-refractivity contribution >= 4 is 11.9 Å². The van der Waals surface area contributed by atoms with E-state index in [1.165, 1.54) is 7.11 Å². The van der Waals surface area contributed by atoms with Crippen molar-refractivity contribution in [1.82, 2.24) is 4.90 Å². The highest BCUT2D eigenvalue weighted by atomic mass is 16.5. The van der Waals surface area contributed by atoms with Crippen molar-refractivity contribution in [2.24, 2.45) is 5.92 Å². The SMILES string of the molecule is CCC(C)C(=O)N(CC(=O)OC)Cc1ccccc1C. The maximum Gasteiger partial charge on any atom is 0.325 e. The van der Waals surface area contributed by atoms with Gasteiger partial charge >= 0.3 is 5.97 Å². The van der Waals surface area contributed by atoms with E-state index >= 15 is 0 Å². The summed E-state index contributed by atoms with van der Waals surface area (Å²) in [6, 6.07) is 7.87. The van der Waals surface area contributed by atoms with Gasteiger partial charge in [0, 0.05) is 12.5 Å². The average Bonchev–Trinajstić information content (AvgIpc) is 2.46. The van der Waals surface area contributed by atoms with Crippen molar-refractivity contribution in [3.8, 4) is 0 Å². The first-order valence-electron chi connectivity index (χ1n) is 6.89. The van der Waals surface area contributed by atoms with Crippen LogP contribution in [0.15, 0.2) is 24.3 Å². The fourth-order valence-corrected chi connectivity index (χ4v) is 1.91. The molecule has 0 bridgehead atoms. The van der Waals surface area contributed by atoms with Crippen LogP contribution < -0.4 is 0 Å². The van der Waals surface area contributed by atoms with Crippen molar-refractivity contribution in [2.75, 3.05) is 13.7 Å². The molecule has 0 aliphatic rings. The Morgan fingerprint density at radius 2 is 1.95 bits per heavy atom. The van der Waals surface area contributed by atoms with Crippen LogP contribution >= 0.6 is 0 Å². The van der Waals surface area contributed by atoms with E-state index in [1.54, 1.807) is 4.90 Å². The summed E-state index contributed by atoms with van der Waals surface area (Å²) in [5.41, 5.74) is 2.16. The first-order valence-corrected chi connectivity index (χ1v) is 6.89. The van der Waals surface area contributed by atoms with E-state index < -0.39 is 5.97 Å².